The molecule has 0 heterocycles. The van der Waals surface area contributed by atoms with Gasteiger partial charge in [0.2, 0.25) is 0 Å². The first-order chi connectivity index (χ1) is 15.8. The molecular formula is C29H53BrN2O. The summed E-state index contributed by atoms with van der Waals surface area (Å²) < 4.78 is 0. The largest absolute Gasteiger partial charge is 0.328 e. The lowest BCUT2D eigenvalue weighted by Gasteiger charge is -2.13. The first-order valence-corrected chi connectivity index (χ1v) is 13.7. The second kappa shape index (κ2) is 29.2. The van der Waals surface area contributed by atoms with E-state index < -0.39 is 0 Å². The highest BCUT2D eigenvalue weighted by Crippen LogP contribution is 2.11. The summed E-state index contributed by atoms with van der Waals surface area (Å²) in [5.41, 5.74) is 5.64. The fourth-order valence-electron chi connectivity index (χ4n) is 3.88. The summed E-state index contributed by atoms with van der Waals surface area (Å²) in [7, 11) is 0. The monoisotopic (exact) mass is 524 g/mol. The van der Waals surface area contributed by atoms with Gasteiger partial charge in [-0.3, -0.25) is 4.79 Å². The average Bonchev–Trinajstić information content (AvgIpc) is 2.80. The van der Waals surface area contributed by atoms with Gasteiger partial charge in [0.25, 0.3) is 0 Å². The van der Waals surface area contributed by atoms with Crippen LogP contribution < -0.4 is 11.1 Å². The lowest BCUT2D eigenvalue weighted by molar-refractivity contribution is -0.120. The zero-order valence-corrected chi connectivity index (χ0v) is 23.5. The number of rotatable bonds is 22. The highest BCUT2D eigenvalue weighted by Gasteiger charge is 2.14. The van der Waals surface area contributed by atoms with E-state index in [4.69, 9.17) is 5.73 Å². The molecule has 0 aromatic rings. The second-order valence-corrected chi connectivity index (χ2v) is 8.97. The van der Waals surface area contributed by atoms with Crippen LogP contribution in [0, 0.1) is 23.7 Å². The molecule has 1 atom stereocenters. The number of nitrogens with two attached hydrogens (primary N) is 1. The van der Waals surface area contributed by atoms with Crippen molar-refractivity contribution >= 4 is 22.8 Å². The maximum atomic E-state index is 12.0. The number of Topliss-reactive ketones (excluding diaryl/α,β-unsaturated/α-hetero) is 1. The van der Waals surface area contributed by atoms with Gasteiger partial charge in [-0.1, -0.05) is 109 Å². The Morgan fingerprint density at radius 3 is 1.55 bits per heavy atom. The highest BCUT2D eigenvalue weighted by atomic mass is 79.9. The van der Waals surface area contributed by atoms with Gasteiger partial charge in [-0.2, -0.15) is 0 Å². The molecule has 0 aliphatic heterocycles. The Kier molecular flexibility index (Phi) is 30.4. The van der Waals surface area contributed by atoms with Crippen molar-refractivity contribution < 1.29 is 4.79 Å². The highest BCUT2D eigenvalue weighted by molar-refractivity contribution is 8.93. The van der Waals surface area contributed by atoms with Crippen molar-refractivity contribution in [3.05, 3.63) is 0 Å². The number of carbonyl (C=O) groups excluding carboxylic acids is 1. The first kappa shape index (κ1) is 34.4. The molecule has 0 rings (SSSR count). The molecule has 1 unspecified atom stereocenters. The van der Waals surface area contributed by atoms with Gasteiger partial charge in [0.05, 0.1) is 6.04 Å². The molecule has 0 aliphatic rings. The molecule has 192 valence electrons. The van der Waals surface area contributed by atoms with E-state index in [1.807, 2.05) is 6.92 Å². The number of hydrogen-bond acceptors (Lipinski definition) is 3. The lowest BCUT2D eigenvalue weighted by atomic mass is 10.0. The third kappa shape index (κ3) is 25.6. The van der Waals surface area contributed by atoms with Crippen molar-refractivity contribution in [1.82, 2.24) is 5.32 Å². The van der Waals surface area contributed by atoms with Crippen molar-refractivity contribution in [3.8, 4) is 23.7 Å². The average molecular weight is 526 g/mol. The minimum atomic E-state index is -0.156. The summed E-state index contributed by atoms with van der Waals surface area (Å²) in [5.74, 6) is 12.7. The number of ketones is 1. The number of nitrogens with one attached hydrogen (secondary N) is 1. The summed E-state index contributed by atoms with van der Waals surface area (Å²) >= 11 is 0. The van der Waals surface area contributed by atoms with E-state index in [1.54, 1.807) is 0 Å². The molecule has 0 saturated carbocycles. The molecule has 0 aromatic heterocycles. The van der Waals surface area contributed by atoms with E-state index in [2.05, 4.69) is 35.9 Å². The summed E-state index contributed by atoms with van der Waals surface area (Å²) in [6.45, 7) is 5.47. The molecule has 33 heavy (non-hydrogen) atoms. The number of halogens is 1. The molecule has 0 aromatic carbocycles. The Hall–Kier alpha value is -0.810. The zero-order chi connectivity index (χ0) is 23.5. The van der Waals surface area contributed by atoms with Gasteiger partial charge in [0, 0.05) is 25.8 Å². The molecule has 3 nitrogen and oxygen atoms in total. The fourth-order valence-corrected chi connectivity index (χ4v) is 3.88. The van der Waals surface area contributed by atoms with Crippen molar-refractivity contribution in [2.75, 3.05) is 13.1 Å². The van der Waals surface area contributed by atoms with E-state index in [9.17, 15) is 4.79 Å². The maximum absolute atomic E-state index is 12.0. The van der Waals surface area contributed by atoms with E-state index in [1.165, 1.54) is 83.5 Å². The number of likely N-dealkylation sites (N-methyl/N-ethyl adjacent to an activating group) is 1. The van der Waals surface area contributed by atoms with Crippen LogP contribution in [0.25, 0.3) is 0 Å². The van der Waals surface area contributed by atoms with Crippen LogP contribution in [0.1, 0.15) is 136 Å². The topological polar surface area (TPSA) is 55.1 Å². The van der Waals surface area contributed by atoms with Crippen LogP contribution in [0.5, 0.6) is 0 Å². The molecule has 0 aliphatic carbocycles. The molecule has 0 amide bonds. The van der Waals surface area contributed by atoms with E-state index >= 15 is 0 Å². The standard InChI is InChI=1S/C29H52N2O.BrH/c1-3-5-6-7-8-9-10-11-12-13-14-15-16-17-18-19-20-21-22-23-24-25-26-29(32)28(27-30)31-4-2;/h28,31H,3-14,19-27,30H2,1-2H3;1H. The molecule has 0 saturated heterocycles. The maximum Gasteiger partial charge on any atom is 0.151 e. The van der Waals surface area contributed by atoms with Crippen LogP contribution in [0.15, 0.2) is 0 Å². The minimum absolute atomic E-state index is 0. The van der Waals surface area contributed by atoms with Gasteiger partial charge >= 0.3 is 0 Å². The van der Waals surface area contributed by atoms with Gasteiger partial charge in [-0.15, -0.1) is 17.0 Å². The smallest absolute Gasteiger partial charge is 0.151 e. The van der Waals surface area contributed by atoms with Crippen LogP contribution in [0.2, 0.25) is 0 Å². The molecule has 0 bridgehead atoms. The Morgan fingerprint density at radius 1 is 0.697 bits per heavy atom. The normalized spacial score (nSPS) is 11.0. The van der Waals surface area contributed by atoms with Crippen molar-refractivity contribution in [2.24, 2.45) is 5.73 Å². The molecule has 4 heteroatoms. The molecule has 3 N–H and O–H groups in total. The van der Waals surface area contributed by atoms with Crippen molar-refractivity contribution in [3.63, 3.8) is 0 Å². The van der Waals surface area contributed by atoms with E-state index in [0.29, 0.717) is 13.0 Å². The predicted molar refractivity (Wildman–Crippen MR) is 151 cm³/mol. The summed E-state index contributed by atoms with van der Waals surface area (Å²) in [6, 6.07) is -0.156. The number of unbranched alkanes of at least 4 members (excludes halogenated alkanes) is 16. The van der Waals surface area contributed by atoms with Crippen LogP contribution in [-0.2, 0) is 4.79 Å². The van der Waals surface area contributed by atoms with Crippen LogP contribution in [0.3, 0.4) is 0 Å². The quantitative estimate of drug-likeness (QED) is 0.114. The molecular weight excluding hydrogens is 472 g/mol. The Morgan fingerprint density at radius 2 is 1.12 bits per heavy atom. The Bertz CT molecular complexity index is 541. The number of carbonyl (C=O) groups is 1. The van der Waals surface area contributed by atoms with Gasteiger partial charge in [0.15, 0.2) is 5.78 Å². The third-order valence-electron chi connectivity index (χ3n) is 5.94. The lowest BCUT2D eigenvalue weighted by Crippen LogP contribution is -2.42. The minimum Gasteiger partial charge on any atom is -0.328 e. The Labute approximate surface area is 217 Å². The van der Waals surface area contributed by atoms with Crippen molar-refractivity contribution in [2.45, 2.75) is 142 Å². The molecule has 0 spiro atoms. The Balaban J connectivity index is 0. The van der Waals surface area contributed by atoms with Gasteiger partial charge in [-0.25, -0.2) is 0 Å². The van der Waals surface area contributed by atoms with Crippen molar-refractivity contribution in [1.29, 1.82) is 0 Å². The first-order valence-electron chi connectivity index (χ1n) is 13.7. The molecule has 0 radical (unpaired) electrons. The van der Waals surface area contributed by atoms with Crippen LogP contribution >= 0.6 is 17.0 Å². The van der Waals surface area contributed by atoms with Crippen LogP contribution in [-0.4, -0.2) is 24.9 Å². The van der Waals surface area contributed by atoms with Gasteiger partial charge in [-0.05, 0) is 37.6 Å². The third-order valence-corrected chi connectivity index (χ3v) is 5.94. The number of hydrogen-bond donors (Lipinski definition) is 2. The van der Waals surface area contributed by atoms with E-state index in [0.717, 1.165) is 38.6 Å². The molecule has 0 fully saturated rings. The second-order valence-electron chi connectivity index (χ2n) is 8.97. The summed E-state index contributed by atoms with van der Waals surface area (Å²) in [5, 5.41) is 3.15. The van der Waals surface area contributed by atoms with E-state index in [-0.39, 0.29) is 28.8 Å². The summed E-state index contributed by atoms with van der Waals surface area (Å²) in [6.07, 6.45) is 23.2. The zero-order valence-electron chi connectivity index (χ0n) is 21.8. The van der Waals surface area contributed by atoms with Gasteiger partial charge in [0.1, 0.15) is 0 Å². The predicted octanol–water partition coefficient (Wildman–Crippen LogP) is 7.51. The van der Waals surface area contributed by atoms with Gasteiger partial charge < -0.3 is 11.1 Å². The SMILES string of the molecule is Br.CCCCCCCCCCCCC#CC#CCCCCCCCCC(=O)C(CN)NCC. The summed E-state index contributed by atoms with van der Waals surface area (Å²) in [4.78, 5) is 12.0. The fraction of sp³-hybridized carbons (Fsp3) is 0.828. The van der Waals surface area contributed by atoms with Crippen LogP contribution in [0.4, 0.5) is 0 Å².